The third kappa shape index (κ3) is 2.20. The first-order valence-electron chi connectivity index (χ1n) is 2.84. The highest BCUT2D eigenvalue weighted by Crippen LogP contribution is 2.22. The summed E-state index contributed by atoms with van der Waals surface area (Å²) >= 11 is 13.0. The Labute approximate surface area is 87.8 Å². The van der Waals surface area contributed by atoms with Crippen LogP contribution in [0, 0.1) is 9.39 Å². The van der Waals surface area contributed by atoms with E-state index >= 15 is 0 Å². The quantitative estimate of drug-likeness (QED) is 0.420. The molecule has 0 amide bonds. The van der Waals surface area contributed by atoms with Gasteiger partial charge in [-0.15, -0.1) is 11.6 Å². The summed E-state index contributed by atoms with van der Waals surface area (Å²) in [7, 11) is 0. The molecule has 0 unspecified atom stereocenters. The third-order valence-electron chi connectivity index (χ3n) is 1.21. The van der Waals surface area contributed by atoms with E-state index in [1.54, 1.807) is 6.07 Å². The van der Waals surface area contributed by atoms with Crippen molar-refractivity contribution in [2.75, 3.05) is 0 Å². The van der Waals surface area contributed by atoms with Crippen molar-refractivity contribution in [3.63, 3.8) is 0 Å². The van der Waals surface area contributed by atoms with Gasteiger partial charge >= 0.3 is 0 Å². The largest absolute Gasteiger partial charge is 0.205 e. The fourth-order valence-corrected chi connectivity index (χ4v) is 2.01. The lowest BCUT2D eigenvalue weighted by atomic mass is 10.2. The van der Waals surface area contributed by atoms with Gasteiger partial charge in [-0.25, -0.2) is 4.39 Å². The Morgan fingerprint density at radius 3 is 2.64 bits per heavy atom. The molecule has 0 heterocycles. The van der Waals surface area contributed by atoms with Crippen LogP contribution in [0.1, 0.15) is 5.56 Å². The van der Waals surface area contributed by atoms with E-state index in [0.717, 1.165) is 0 Å². The van der Waals surface area contributed by atoms with E-state index in [-0.39, 0.29) is 11.7 Å². The molecule has 0 aliphatic rings. The lowest BCUT2D eigenvalue weighted by Gasteiger charge is -2.00. The van der Waals surface area contributed by atoms with Crippen molar-refractivity contribution in [3.05, 3.63) is 32.1 Å². The molecule has 0 aliphatic heterocycles. The second kappa shape index (κ2) is 3.92. The van der Waals surface area contributed by atoms with E-state index in [4.69, 9.17) is 23.2 Å². The Balaban J connectivity index is 3.24. The molecule has 60 valence electrons. The number of hydrogen-bond acceptors (Lipinski definition) is 0. The molecule has 0 N–H and O–H groups in total. The number of halogens is 4. The molecule has 0 saturated heterocycles. The lowest BCUT2D eigenvalue weighted by Crippen LogP contribution is -1.89. The van der Waals surface area contributed by atoms with Crippen LogP contribution in [0.4, 0.5) is 4.39 Å². The highest BCUT2D eigenvalue weighted by atomic mass is 127. The molecule has 1 aromatic rings. The van der Waals surface area contributed by atoms with Gasteiger partial charge in [-0.3, -0.25) is 0 Å². The topological polar surface area (TPSA) is 0 Å². The summed E-state index contributed by atoms with van der Waals surface area (Å²) in [6, 6.07) is 3.10. The first kappa shape index (κ1) is 9.55. The van der Waals surface area contributed by atoms with Crippen molar-refractivity contribution in [2.24, 2.45) is 0 Å². The predicted molar refractivity (Wildman–Crippen MR) is 53.7 cm³/mol. The van der Waals surface area contributed by atoms with Crippen LogP contribution in [0.2, 0.25) is 5.02 Å². The molecule has 4 heteroatoms. The molecule has 0 spiro atoms. The average molecular weight is 305 g/mol. The van der Waals surface area contributed by atoms with Crippen molar-refractivity contribution < 1.29 is 4.39 Å². The highest BCUT2D eigenvalue weighted by molar-refractivity contribution is 14.1. The van der Waals surface area contributed by atoms with Crippen molar-refractivity contribution in [1.29, 1.82) is 0 Å². The Morgan fingerprint density at radius 1 is 1.45 bits per heavy atom. The first-order chi connectivity index (χ1) is 5.15. The summed E-state index contributed by atoms with van der Waals surface area (Å²) < 4.78 is 13.5. The van der Waals surface area contributed by atoms with Crippen molar-refractivity contribution in [1.82, 2.24) is 0 Å². The molecule has 0 fully saturated rings. The van der Waals surface area contributed by atoms with Gasteiger partial charge in [0.05, 0.1) is 9.45 Å². The standard InChI is InChI=1S/C7H4Cl2FI/c8-3-4-1-5(9)2-6(11)7(4)10/h1-2H,3H2. The van der Waals surface area contributed by atoms with Gasteiger partial charge in [0, 0.05) is 10.6 Å². The van der Waals surface area contributed by atoms with Crippen LogP contribution in [0.15, 0.2) is 12.1 Å². The van der Waals surface area contributed by atoms with Gasteiger partial charge in [0.2, 0.25) is 0 Å². The highest BCUT2D eigenvalue weighted by Gasteiger charge is 2.06. The Bertz CT molecular complexity index is 275. The van der Waals surface area contributed by atoms with E-state index in [1.165, 1.54) is 6.07 Å². The van der Waals surface area contributed by atoms with Gasteiger partial charge < -0.3 is 0 Å². The monoisotopic (exact) mass is 304 g/mol. The van der Waals surface area contributed by atoms with Crippen LogP contribution in [0.5, 0.6) is 0 Å². The SMILES string of the molecule is Fc1c(I)cc(Cl)cc1CCl. The molecule has 0 atom stereocenters. The van der Waals surface area contributed by atoms with Gasteiger partial charge in [-0.05, 0) is 34.7 Å². The van der Waals surface area contributed by atoms with Gasteiger partial charge in [0.15, 0.2) is 0 Å². The summed E-state index contributed by atoms with van der Waals surface area (Å²) in [5, 5.41) is 0.520. The van der Waals surface area contributed by atoms with Gasteiger partial charge in [0.1, 0.15) is 5.82 Å². The van der Waals surface area contributed by atoms with Gasteiger partial charge in [0.25, 0.3) is 0 Å². The fourth-order valence-electron chi connectivity index (χ4n) is 0.707. The molecule has 1 aromatic carbocycles. The minimum absolute atomic E-state index is 0.155. The molecular formula is C7H4Cl2FI. The fraction of sp³-hybridized carbons (Fsp3) is 0.143. The maximum absolute atomic E-state index is 13.0. The van der Waals surface area contributed by atoms with Crippen molar-refractivity contribution >= 4 is 45.8 Å². The van der Waals surface area contributed by atoms with Gasteiger partial charge in [-0.2, -0.15) is 0 Å². The minimum atomic E-state index is -0.273. The van der Waals surface area contributed by atoms with Crippen LogP contribution in [0.25, 0.3) is 0 Å². The predicted octanol–water partition coefficient (Wildman–Crippen LogP) is 3.82. The smallest absolute Gasteiger partial charge is 0.141 e. The summed E-state index contributed by atoms with van der Waals surface area (Å²) in [6.07, 6.45) is 0. The molecule has 0 nitrogen and oxygen atoms in total. The minimum Gasteiger partial charge on any atom is -0.205 e. The Morgan fingerprint density at radius 2 is 2.09 bits per heavy atom. The van der Waals surface area contributed by atoms with Crippen LogP contribution in [-0.4, -0.2) is 0 Å². The lowest BCUT2D eigenvalue weighted by molar-refractivity contribution is 0.609. The Hall–Kier alpha value is 0.460. The van der Waals surface area contributed by atoms with Crippen LogP contribution in [-0.2, 0) is 5.88 Å². The molecule has 0 bridgehead atoms. The zero-order chi connectivity index (χ0) is 8.43. The molecule has 1 rings (SSSR count). The zero-order valence-electron chi connectivity index (χ0n) is 5.37. The van der Waals surface area contributed by atoms with Crippen molar-refractivity contribution in [2.45, 2.75) is 5.88 Å². The molecule has 0 saturated carbocycles. The molecule has 11 heavy (non-hydrogen) atoms. The van der Waals surface area contributed by atoms with E-state index in [0.29, 0.717) is 14.2 Å². The number of alkyl halides is 1. The van der Waals surface area contributed by atoms with E-state index in [1.807, 2.05) is 22.6 Å². The van der Waals surface area contributed by atoms with Gasteiger partial charge in [-0.1, -0.05) is 11.6 Å². The van der Waals surface area contributed by atoms with E-state index in [2.05, 4.69) is 0 Å². The number of benzene rings is 1. The van der Waals surface area contributed by atoms with E-state index in [9.17, 15) is 4.39 Å². The number of hydrogen-bond donors (Lipinski definition) is 0. The van der Waals surface area contributed by atoms with E-state index < -0.39 is 0 Å². The zero-order valence-corrected chi connectivity index (χ0v) is 9.04. The molecule has 0 aliphatic carbocycles. The normalized spacial score (nSPS) is 10.2. The second-order valence-electron chi connectivity index (χ2n) is 1.99. The summed E-state index contributed by atoms with van der Waals surface area (Å²) in [6.45, 7) is 0. The summed E-state index contributed by atoms with van der Waals surface area (Å²) in [5.41, 5.74) is 0.448. The van der Waals surface area contributed by atoms with Crippen LogP contribution < -0.4 is 0 Å². The maximum atomic E-state index is 13.0. The van der Waals surface area contributed by atoms with Crippen LogP contribution >= 0.6 is 45.8 Å². The molecule has 0 aromatic heterocycles. The van der Waals surface area contributed by atoms with Crippen LogP contribution in [0.3, 0.4) is 0 Å². The molecule has 0 radical (unpaired) electrons. The third-order valence-corrected chi connectivity index (χ3v) is 2.50. The Kier molecular flexibility index (Phi) is 3.40. The maximum Gasteiger partial charge on any atom is 0.141 e. The molecular weight excluding hydrogens is 301 g/mol. The second-order valence-corrected chi connectivity index (χ2v) is 3.86. The number of rotatable bonds is 1. The summed E-state index contributed by atoms with van der Waals surface area (Å²) in [4.78, 5) is 0. The average Bonchev–Trinajstić information content (AvgIpc) is 1.96. The summed E-state index contributed by atoms with van der Waals surface area (Å²) in [5.74, 6) is -0.118. The van der Waals surface area contributed by atoms with Crippen molar-refractivity contribution in [3.8, 4) is 0 Å². The first-order valence-corrected chi connectivity index (χ1v) is 4.83.